The molecule has 0 aliphatic carbocycles. The van der Waals surface area contributed by atoms with Gasteiger partial charge in [0.25, 0.3) is 5.91 Å². The summed E-state index contributed by atoms with van der Waals surface area (Å²) in [5, 5.41) is 3.23. The summed E-state index contributed by atoms with van der Waals surface area (Å²) in [4.78, 5) is 19.3. The van der Waals surface area contributed by atoms with Crippen molar-refractivity contribution in [2.24, 2.45) is 0 Å². The van der Waals surface area contributed by atoms with Gasteiger partial charge in [-0.2, -0.15) is 0 Å². The van der Waals surface area contributed by atoms with Crippen LogP contribution in [0.25, 0.3) is 0 Å². The molecule has 1 unspecified atom stereocenters. The molecule has 1 aromatic carbocycles. The summed E-state index contributed by atoms with van der Waals surface area (Å²) in [6.45, 7) is 1.97. The Morgan fingerprint density at radius 3 is 2.95 bits per heavy atom. The first-order chi connectivity index (χ1) is 9.11. The molecule has 0 radical (unpaired) electrons. The van der Waals surface area contributed by atoms with Crippen molar-refractivity contribution in [1.29, 1.82) is 0 Å². The maximum atomic E-state index is 12.2. The number of aromatic amines is 1. The molecule has 0 saturated heterocycles. The van der Waals surface area contributed by atoms with Crippen molar-refractivity contribution >= 4 is 23.2 Å². The molecule has 0 aliphatic rings. The van der Waals surface area contributed by atoms with Crippen LogP contribution in [0.5, 0.6) is 0 Å². The van der Waals surface area contributed by atoms with Gasteiger partial charge < -0.3 is 16.0 Å². The molecule has 6 heteroatoms. The molecule has 4 N–H and O–H groups in total. The lowest BCUT2D eigenvalue weighted by Crippen LogP contribution is -2.29. The first-order valence-electron chi connectivity index (χ1n) is 5.97. The molecule has 19 heavy (non-hydrogen) atoms. The van der Waals surface area contributed by atoms with E-state index in [2.05, 4.69) is 15.3 Å². The lowest BCUT2D eigenvalue weighted by Gasteiger charge is -2.15. The van der Waals surface area contributed by atoms with Crippen LogP contribution in [0.4, 0.5) is 5.69 Å². The smallest absolute Gasteiger partial charge is 0.253 e. The van der Waals surface area contributed by atoms with Gasteiger partial charge in [-0.25, -0.2) is 4.98 Å². The molecule has 2 rings (SSSR count). The number of imidazole rings is 1. The van der Waals surface area contributed by atoms with E-state index < -0.39 is 0 Å². The number of nitrogen functional groups attached to an aromatic ring is 1. The molecule has 1 atom stereocenters. The predicted molar refractivity (Wildman–Crippen MR) is 75.0 cm³/mol. The number of benzene rings is 1. The largest absolute Gasteiger partial charge is 0.399 e. The second-order valence-electron chi connectivity index (χ2n) is 4.15. The van der Waals surface area contributed by atoms with Crippen LogP contribution in [0.1, 0.15) is 35.6 Å². The van der Waals surface area contributed by atoms with Crippen LogP contribution in [0.15, 0.2) is 30.6 Å². The van der Waals surface area contributed by atoms with Crippen molar-refractivity contribution in [2.45, 2.75) is 19.4 Å². The second kappa shape index (κ2) is 5.75. The number of carbonyl (C=O) groups is 1. The third kappa shape index (κ3) is 3.06. The number of amides is 1. The Bertz CT molecular complexity index is 568. The summed E-state index contributed by atoms with van der Waals surface area (Å²) in [7, 11) is 0. The summed E-state index contributed by atoms with van der Waals surface area (Å²) in [5.41, 5.74) is 6.53. The number of anilines is 1. The Labute approximate surface area is 116 Å². The van der Waals surface area contributed by atoms with E-state index in [0.29, 0.717) is 16.3 Å². The van der Waals surface area contributed by atoms with E-state index in [1.165, 1.54) is 0 Å². The average Bonchev–Trinajstić information content (AvgIpc) is 2.89. The number of nitrogens with one attached hydrogen (secondary N) is 2. The fraction of sp³-hybridized carbons (Fsp3) is 0.231. The molecule has 0 saturated carbocycles. The maximum Gasteiger partial charge on any atom is 0.253 e. The van der Waals surface area contributed by atoms with Crippen molar-refractivity contribution in [2.75, 3.05) is 5.73 Å². The second-order valence-corrected chi connectivity index (χ2v) is 4.56. The van der Waals surface area contributed by atoms with Crippen LogP contribution >= 0.6 is 11.6 Å². The number of H-pyrrole nitrogens is 1. The molecule has 5 nitrogen and oxygen atoms in total. The number of aromatic nitrogens is 2. The number of nitrogens with two attached hydrogens (primary N) is 1. The number of hydrogen-bond acceptors (Lipinski definition) is 3. The van der Waals surface area contributed by atoms with Gasteiger partial charge in [-0.05, 0) is 24.6 Å². The predicted octanol–water partition coefficient (Wildman–Crippen LogP) is 2.53. The van der Waals surface area contributed by atoms with Gasteiger partial charge in [-0.15, -0.1) is 0 Å². The van der Waals surface area contributed by atoms with E-state index in [0.717, 1.165) is 12.2 Å². The van der Waals surface area contributed by atoms with Gasteiger partial charge in [0, 0.05) is 18.1 Å². The van der Waals surface area contributed by atoms with Crippen molar-refractivity contribution < 1.29 is 4.79 Å². The van der Waals surface area contributed by atoms with Crippen LogP contribution in [0.3, 0.4) is 0 Å². The Kier molecular flexibility index (Phi) is 4.06. The van der Waals surface area contributed by atoms with E-state index in [9.17, 15) is 4.79 Å². The summed E-state index contributed by atoms with van der Waals surface area (Å²) in [6.07, 6.45) is 4.10. The molecule has 0 fully saturated rings. The summed E-state index contributed by atoms with van der Waals surface area (Å²) in [6, 6.07) is 4.65. The minimum absolute atomic E-state index is 0.170. The van der Waals surface area contributed by atoms with Gasteiger partial charge in [0.2, 0.25) is 0 Å². The van der Waals surface area contributed by atoms with Crippen molar-refractivity contribution in [3.8, 4) is 0 Å². The van der Waals surface area contributed by atoms with Crippen LogP contribution in [-0.4, -0.2) is 15.9 Å². The van der Waals surface area contributed by atoms with Crippen LogP contribution < -0.4 is 11.1 Å². The van der Waals surface area contributed by atoms with Gasteiger partial charge >= 0.3 is 0 Å². The van der Waals surface area contributed by atoms with E-state index in [-0.39, 0.29) is 11.9 Å². The van der Waals surface area contributed by atoms with Crippen molar-refractivity contribution in [3.63, 3.8) is 0 Å². The minimum atomic E-state index is -0.242. The van der Waals surface area contributed by atoms with Gasteiger partial charge in [-0.1, -0.05) is 18.5 Å². The summed E-state index contributed by atoms with van der Waals surface area (Å²) < 4.78 is 0. The number of nitrogens with zero attached hydrogens (tertiary/aromatic N) is 1. The molecule has 1 amide bonds. The third-order valence-electron chi connectivity index (χ3n) is 2.80. The summed E-state index contributed by atoms with van der Waals surface area (Å²) >= 11 is 6.01. The minimum Gasteiger partial charge on any atom is -0.399 e. The molecule has 1 aromatic heterocycles. The van der Waals surface area contributed by atoms with Crippen LogP contribution in [0.2, 0.25) is 5.02 Å². The highest BCUT2D eigenvalue weighted by Crippen LogP contribution is 2.20. The SMILES string of the molecule is CCC(NC(=O)c1ccc(N)cc1Cl)c1ncc[nH]1. The van der Waals surface area contributed by atoms with Gasteiger partial charge in [-0.3, -0.25) is 4.79 Å². The molecule has 0 aliphatic heterocycles. The lowest BCUT2D eigenvalue weighted by molar-refractivity contribution is 0.0934. The fourth-order valence-corrected chi connectivity index (χ4v) is 2.06. The van der Waals surface area contributed by atoms with E-state index in [1.54, 1.807) is 30.6 Å². The molecule has 0 bridgehead atoms. The zero-order chi connectivity index (χ0) is 13.8. The lowest BCUT2D eigenvalue weighted by atomic mass is 10.1. The fourth-order valence-electron chi connectivity index (χ4n) is 1.78. The molecule has 1 heterocycles. The van der Waals surface area contributed by atoms with Gasteiger partial charge in [0.15, 0.2) is 0 Å². The topological polar surface area (TPSA) is 83.8 Å². The molecular weight excluding hydrogens is 264 g/mol. The Morgan fingerprint density at radius 2 is 2.37 bits per heavy atom. The zero-order valence-corrected chi connectivity index (χ0v) is 11.2. The van der Waals surface area contributed by atoms with Gasteiger partial charge in [0.05, 0.1) is 16.6 Å². The molecule has 100 valence electrons. The van der Waals surface area contributed by atoms with Gasteiger partial charge in [0.1, 0.15) is 5.82 Å². The average molecular weight is 279 g/mol. The Hall–Kier alpha value is -2.01. The van der Waals surface area contributed by atoms with Crippen LogP contribution in [0, 0.1) is 0 Å². The molecular formula is C13H15ClN4O. The van der Waals surface area contributed by atoms with E-state index in [4.69, 9.17) is 17.3 Å². The van der Waals surface area contributed by atoms with E-state index >= 15 is 0 Å². The number of rotatable bonds is 4. The normalized spacial score (nSPS) is 12.1. The zero-order valence-electron chi connectivity index (χ0n) is 10.5. The Balaban J connectivity index is 2.16. The summed E-state index contributed by atoms with van der Waals surface area (Å²) in [5.74, 6) is 0.482. The highest BCUT2D eigenvalue weighted by atomic mass is 35.5. The highest BCUT2D eigenvalue weighted by molar-refractivity contribution is 6.34. The quantitative estimate of drug-likeness (QED) is 0.752. The monoisotopic (exact) mass is 278 g/mol. The molecule has 2 aromatic rings. The number of hydrogen-bond donors (Lipinski definition) is 3. The first-order valence-corrected chi connectivity index (χ1v) is 6.34. The first kappa shape index (κ1) is 13.4. The highest BCUT2D eigenvalue weighted by Gasteiger charge is 2.17. The third-order valence-corrected chi connectivity index (χ3v) is 3.11. The van der Waals surface area contributed by atoms with E-state index in [1.807, 2.05) is 6.92 Å². The van der Waals surface area contributed by atoms with Crippen molar-refractivity contribution in [3.05, 3.63) is 47.0 Å². The molecule has 0 spiro atoms. The number of carbonyl (C=O) groups excluding carboxylic acids is 1. The van der Waals surface area contributed by atoms with Crippen LogP contribution in [-0.2, 0) is 0 Å². The maximum absolute atomic E-state index is 12.2. The Morgan fingerprint density at radius 1 is 1.58 bits per heavy atom. The number of halogens is 1. The van der Waals surface area contributed by atoms with Crippen molar-refractivity contribution in [1.82, 2.24) is 15.3 Å². The standard InChI is InChI=1S/C13H15ClN4O/c1-2-11(12-16-5-6-17-12)18-13(19)9-4-3-8(15)7-10(9)14/h3-7,11H,2,15H2,1H3,(H,16,17)(H,18,19).